The third-order valence-electron chi connectivity index (χ3n) is 10.2. The van der Waals surface area contributed by atoms with Crippen molar-refractivity contribution in [2.45, 2.75) is 9.79 Å². The van der Waals surface area contributed by atoms with Crippen LogP contribution >= 0.6 is 11.8 Å². The summed E-state index contributed by atoms with van der Waals surface area (Å²) < 4.78 is 0. The maximum Gasteiger partial charge on any atom is 0.0473 e. The van der Waals surface area contributed by atoms with E-state index >= 15 is 0 Å². The summed E-state index contributed by atoms with van der Waals surface area (Å²) in [7, 11) is 0. The van der Waals surface area contributed by atoms with Gasteiger partial charge in [0.2, 0.25) is 0 Å². The minimum absolute atomic E-state index is 1.13. The normalized spacial score (nSPS) is 11.7. The number of fused-ring (bicyclic) bond motifs is 4. The standard InChI is InChI=1S/C50H34N2S/c1-5-14-38(15-6-1)51(39-16-7-2-8-17-39)42-28-26-35(27-29-42)36-24-25-37-33-47-44-31-30-43(52(40-18-9-3-10-19-40)41-20-11-4-12-21-41)34-49(44)53-48-23-13-22-45(50(47)48)46(37)32-36/h1-34H. The molecule has 1 aliphatic rings. The van der Waals surface area contributed by atoms with Crippen molar-refractivity contribution < 1.29 is 0 Å². The van der Waals surface area contributed by atoms with Gasteiger partial charge in [-0.25, -0.2) is 0 Å². The van der Waals surface area contributed by atoms with Crippen LogP contribution in [0.5, 0.6) is 0 Å². The van der Waals surface area contributed by atoms with E-state index in [4.69, 9.17) is 0 Å². The second-order valence-electron chi connectivity index (χ2n) is 13.4. The molecule has 0 saturated carbocycles. The largest absolute Gasteiger partial charge is 0.311 e. The van der Waals surface area contributed by atoms with Crippen LogP contribution in [-0.2, 0) is 0 Å². The third-order valence-corrected chi connectivity index (χ3v) is 11.3. The first kappa shape index (κ1) is 31.2. The molecular formula is C50H34N2S. The number of para-hydroxylation sites is 4. The summed E-state index contributed by atoms with van der Waals surface area (Å²) in [6, 6.07) is 74.4. The Kier molecular flexibility index (Phi) is 7.78. The van der Waals surface area contributed by atoms with Crippen LogP contribution in [-0.4, -0.2) is 0 Å². The number of anilines is 6. The minimum atomic E-state index is 1.13. The number of benzene rings is 9. The average molecular weight is 695 g/mol. The van der Waals surface area contributed by atoms with E-state index in [2.05, 4.69) is 216 Å². The highest BCUT2D eigenvalue weighted by atomic mass is 32.2. The van der Waals surface area contributed by atoms with Gasteiger partial charge in [-0.05, 0) is 129 Å². The molecule has 0 saturated heterocycles. The Balaban J connectivity index is 1.04. The van der Waals surface area contributed by atoms with E-state index in [0.717, 1.165) is 34.1 Å². The highest BCUT2D eigenvalue weighted by molar-refractivity contribution is 7.99. The van der Waals surface area contributed by atoms with E-state index in [0.29, 0.717) is 0 Å². The zero-order valence-electron chi connectivity index (χ0n) is 28.9. The van der Waals surface area contributed by atoms with E-state index in [9.17, 15) is 0 Å². The Morgan fingerprint density at radius 1 is 0.302 bits per heavy atom. The molecule has 0 bridgehead atoms. The molecule has 3 heteroatoms. The molecule has 0 fully saturated rings. The molecule has 10 rings (SSSR count). The van der Waals surface area contributed by atoms with Crippen LogP contribution in [0.4, 0.5) is 34.1 Å². The molecule has 0 aromatic heterocycles. The number of rotatable bonds is 7. The highest BCUT2D eigenvalue weighted by Gasteiger charge is 2.23. The zero-order chi connectivity index (χ0) is 35.1. The number of hydrogen-bond donors (Lipinski definition) is 0. The zero-order valence-corrected chi connectivity index (χ0v) is 29.7. The fraction of sp³-hybridized carbons (Fsp3) is 0. The monoisotopic (exact) mass is 694 g/mol. The van der Waals surface area contributed by atoms with Crippen LogP contribution in [0.2, 0.25) is 0 Å². The molecule has 0 aliphatic carbocycles. The van der Waals surface area contributed by atoms with Crippen molar-refractivity contribution >= 4 is 67.4 Å². The van der Waals surface area contributed by atoms with Gasteiger partial charge in [0.05, 0.1) is 0 Å². The van der Waals surface area contributed by atoms with Gasteiger partial charge >= 0.3 is 0 Å². The predicted molar refractivity (Wildman–Crippen MR) is 226 cm³/mol. The lowest BCUT2D eigenvalue weighted by molar-refractivity contribution is 1.26. The summed E-state index contributed by atoms with van der Waals surface area (Å²) >= 11 is 1.88. The fourth-order valence-electron chi connectivity index (χ4n) is 7.73. The lowest BCUT2D eigenvalue weighted by atomic mass is 9.91. The van der Waals surface area contributed by atoms with Gasteiger partial charge in [-0.3, -0.25) is 0 Å². The summed E-state index contributed by atoms with van der Waals surface area (Å²) in [6.45, 7) is 0. The van der Waals surface area contributed by atoms with E-state index in [1.807, 2.05) is 11.8 Å². The molecule has 9 aromatic carbocycles. The highest BCUT2D eigenvalue weighted by Crippen LogP contribution is 2.51. The van der Waals surface area contributed by atoms with Crippen LogP contribution in [0.15, 0.2) is 216 Å². The first-order valence-electron chi connectivity index (χ1n) is 18.0. The first-order valence-corrected chi connectivity index (χ1v) is 18.8. The van der Waals surface area contributed by atoms with Crippen LogP contribution < -0.4 is 9.80 Å². The van der Waals surface area contributed by atoms with E-state index < -0.39 is 0 Å². The lowest BCUT2D eigenvalue weighted by Crippen LogP contribution is -2.10. The van der Waals surface area contributed by atoms with Gasteiger partial charge in [0, 0.05) is 49.3 Å². The molecule has 1 aliphatic heterocycles. The lowest BCUT2D eigenvalue weighted by Gasteiger charge is -2.28. The van der Waals surface area contributed by atoms with Crippen molar-refractivity contribution in [1.82, 2.24) is 0 Å². The van der Waals surface area contributed by atoms with Crippen LogP contribution in [0.3, 0.4) is 0 Å². The van der Waals surface area contributed by atoms with Gasteiger partial charge in [-0.1, -0.05) is 127 Å². The van der Waals surface area contributed by atoms with Gasteiger partial charge in [0.1, 0.15) is 0 Å². The summed E-state index contributed by atoms with van der Waals surface area (Å²) in [5.74, 6) is 0. The number of hydrogen-bond acceptors (Lipinski definition) is 3. The van der Waals surface area contributed by atoms with Gasteiger partial charge in [0.25, 0.3) is 0 Å². The molecule has 0 radical (unpaired) electrons. The third kappa shape index (κ3) is 5.63. The van der Waals surface area contributed by atoms with E-state index in [-0.39, 0.29) is 0 Å². The molecule has 0 N–H and O–H groups in total. The van der Waals surface area contributed by atoms with Crippen molar-refractivity contribution in [3.05, 3.63) is 206 Å². The van der Waals surface area contributed by atoms with Crippen molar-refractivity contribution in [1.29, 1.82) is 0 Å². The van der Waals surface area contributed by atoms with Crippen molar-refractivity contribution in [2.75, 3.05) is 9.80 Å². The smallest absolute Gasteiger partial charge is 0.0473 e. The average Bonchev–Trinajstić information content (AvgIpc) is 3.23. The molecule has 1 heterocycles. The Morgan fingerprint density at radius 3 is 1.40 bits per heavy atom. The summed E-state index contributed by atoms with van der Waals surface area (Å²) in [6.07, 6.45) is 0. The van der Waals surface area contributed by atoms with Crippen LogP contribution in [0.1, 0.15) is 0 Å². The van der Waals surface area contributed by atoms with Crippen molar-refractivity contribution in [2.24, 2.45) is 0 Å². The molecule has 0 unspecified atom stereocenters. The second-order valence-corrected chi connectivity index (χ2v) is 14.5. The predicted octanol–water partition coefficient (Wildman–Crippen LogP) is 14.7. The Morgan fingerprint density at radius 2 is 0.811 bits per heavy atom. The van der Waals surface area contributed by atoms with Gasteiger partial charge < -0.3 is 9.80 Å². The molecule has 53 heavy (non-hydrogen) atoms. The molecule has 0 atom stereocenters. The fourth-order valence-corrected chi connectivity index (χ4v) is 8.91. The Labute approximate surface area is 314 Å². The topological polar surface area (TPSA) is 6.48 Å². The van der Waals surface area contributed by atoms with Crippen LogP contribution in [0, 0.1) is 0 Å². The van der Waals surface area contributed by atoms with Crippen molar-refractivity contribution in [3.63, 3.8) is 0 Å². The molecule has 2 nitrogen and oxygen atoms in total. The maximum absolute atomic E-state index is 2.40. The molecule has 9 aromatic rings. The van der Waals surface area contributed by atoms with Gasteiger partial charge in [-0.15, -0.1) is 0 Å². The van der Waals surface area contributed by atoms with E-state index in [1.165, 1.54) is 53.6 Å². The van der Waals surface area contributed by atoms with Gasteiger partial charge in [0.15, 0.2) is 0 Å². The first-order chi connectivity index (χ1) is 26.3. The molecular weight excluding hydrogens is 661 g/mol. The van der Waals surface area contributed by atoms with E-state index in [1.54, 1.807) is 0 Å². The van der Waals surface area contributed by atoms with Crippen molar-refractivity contribution in [3.8, 4) is 22.3 Å². The maximum atomic E-state index is 2.40. The molecule has 250 valence electrons. The summed E-state index contributed by atoms with van der Waals surface area (Å²) in [5, 5.41) is 5.16. The SMILES string of the molecule is c1ccc(N(c2ccccc2)c2ccc(-c3ccc4cc5c6c(cccc6c4c3)Sc3cc(N(c4ccccc4)c4ccccc4)ccc3-5)cc2)cc1. The Bertz CT molecular complexity index is 2650. The van der Waals surface area contributed by atoms with Crippen LogP contribution in [0.25, 0.3) is 43.8 Å². The Hall–Kier alpha value is -6.55. The second kappa shape index (κ2) is 13.2. The number of nitrogens with zero attached hydrogens (tertiary/aromatic N) is 2. The summed E-state index contributed by atoms with van der Waals surface area (Å²) in [5.41, 5.74) is 11.8. The minimum Gasteiger partial charge on any atom is -0.311 e. The molecule has 0 amide bonds. The molecule has 0 spiro atoms. The quantitative estimate of drug-likeness (QED) is 0.153. The van der Waals surface area contributed by atoms with Gasteiger partial charge in [-0.2, -0.15) is 0 Å². The summed E-state index contributed by atoms with van der Waals surface area (Å²) in [4.78, 5) is 7.22.